The zero-order chi connectivity index (χ0) is 46.6. The Labute approximate surface area is 393 Å². The number of carbonyl (C=O) groups is 1. The Bertz CT molecular complexity index is 1140. The van der Waals surface area contributed by atoms with Crippen molar-refractivity contribution < 1.29 is 39.8 Å². The molecule has 0 aromatic rings. The lowest BCUT2D eigenvalue weighted by molar-refractivity contribution is -0.302. The molecule has 1 aliphatic rings. The minimum atomic E-state index is -1.58. The monoisotopic (exact) mass is 904 g/mol. The van der Waals surface area contributed by atoms with Gasteiger partial charge in [-0.05, 0) is 70.6 Å². The van der Waals surface area contributed by atoms with Gasteiger partial charge in [0.1, 0.15) is 24.4 Å². The van der Waals surface area contributed by atoms with Crippen molar-refractivity contribution in [2.45, 2.75) is 281 Å². The fourth-order valence-corrected chi connectivity index (χ4v) is 8.30. The van der Waals surface area contributed by atoms with E-state index >= 15 is 0 Å². The van der Waals surface area contributed by atoms with Crippen LogP contribution >= 0.6 is 0 Å². The van der Waals surface area contributed by atoms with Crippen LogP contribution in [0, 0.1) is 0 Å². The van der Waals surface area contributed by atoms with Gasteiger partial charge in [-0.15, -0.1) is 0 Å². The van der Waals surface area contributed by atoms with Gasteiger partial charge >= 0.3 is 0 Å². The second-order valence-electron chi connectivity index (χ2n) is 18.6. The maximum absolute atomic E-state index is 13.0. The van der Waals surface area contributed by atoms with Crippen molar-refractivity contribution in [2.24, 2.45) is 0 Å². The van der Waals surface area contributed by atoms with Crippen LogP contribution in [0.1, 0.15) is 239 Å². The Kier molecular flexibility index (Phi) is 42.3. The fraction of sp³-hybridized carbons (Fsp3) is 0.836. The Morgan fingerprint density at radius 1 is 0.516 bits per heavy atom. The highest BCUT2D eigenvalue weighted by molar-refractivity contribution is 5.76. The second kappa shape index (κ2) is 45.0. The molecule has 374 valence electrons. The molecule has 0 aromatic heterocycles. The van der Waals surface area contributed by atoms with Crippen LogP contribution in [0.15, 0.2) is 48.6 Å². The van der Waals surface area contributed by atoms with Crippen molar-refractivity contribution >= 4 is 5.91 Å². The Morgan fingerprint density at radius 2 is 0.891 bits per heavy atom. The van der Waals surface area contributed by atoms with Crippen LogP contribution in [-0.4, -0.2) is 87.5 Å². The lowest BCUT2D eigenvalue weighted by Crippen LogP contribution is -2.60. The zero-order valence-electron chi connectivity index (χ0n) is 41.3. The average Bonchev–Trinajstić information content (AvgIpc) is 3.29. The number of aliphatic hydroxyl groups is 5. The largest absolute Gasteiger partial charge is 0.394 e. The van der Waals surface area contributed by atoms with Gasteiger partial charge in [-0.2, -0.15) is 0 Å². The molecule has 1 rings (SSSR count). The number of aliphatic hydroxyl groups excluding tert-OH is 5. The van der Waals surface area contributed by atoms with E-state index in [0.717, 1.165) is 64.2 Å². The van der Waals surface area contributed by atoms with E-state index in [1.165, 1.54) is 154 Å². The molecular formula is C55H101NO8. The quantitative estimate of drug-likeness (QED) is 0.0261. The van der Waals surface area contributed by atoms with Gasteiger partial charge in [0.05, 0.1) is 25.4 Å². The van der Waals surface area contributed by atoms with Gasteiger partial charge in [-0.25, -0.2) is 0 Å². The van der Waals surface area contributed by atoms with E-state index in [2.05, 4.69) is 55.6 Å². The van der Waals surface area contributed by atoms with E-state index in [0.29, 0.717) is 6.42 Å². The molecule has 64 heavy (non-hydrogen) atoms. The van der Waals surface area contributed by atoms with Crippen molar-refractivity contribution in [1.82, 2.24) is 5.32 Å². The number of rotatable bonds is 45. The van der Waals surface area contributed by atoms with Gasteiger partial charge in [-0.3, -0.25) is 4.79 Å². The van der Waals surface area contributed by atoms with Crippen molar-refractivity contribution in [3.63, 3.8) is 0 Å². The van der Waals surface area contributed by atoms with Crippen LogP contribution in [0.3, 0.4) is 0 Å². The molecular weight excluding hydrogens is 803 g/mol. The third-order valence-electron chi connectivity index (χ3n) is 12.6. The molecule has 9 nitrogen and oxygen atoms in total. The molecule has 0 spiro atoms. The summed E-state index contributed by atoms with van der Waals surface area (Å²) in [6.07, 6.45) is 51.8. The first-order valence-electron chi connectivity index (χ1n) is 26.9. The van der Waals surface area contributed by atoms with Gasteiger partial charge in [0.25, 0.3) is 0 Å². The number of hydrogen-bond acceptors (Lipinski definition) is 8. The number of hydrogen-bond donors (Lipinski definition) is 6. The summed E-state index contributed by atoms with van der Waals surface area (Å²) in [6, 6.07) is -0.832. The molecule has 0 aromatic carbocycles. The number of amides is 1. The molecule has 7 atom stereocenters. The first-order valence-corrected chi connectivity index (χ1v) is 26.9. The summed E-state index contributed by atoms with van der Waals surface area (Å²) in [5.41, 5.74) is 0. The number of unbranched alkanes of at least 4 members (excludes halogenated alkanes) is 29. The highest BCUT2D eigenvalue weighted by Gasteiger charge is 2.44. The molecule has 7 unspecified atom stereocenters. The zero-order valence-corrected chi connectivity index (χ0v) is 41.3. The second-order valence-corrected chi connectivity index (χ2v) is 18.6. The topological polar surface area (TPSA) is 149 Å². The van der Waals surface area contributed by atoms with E-state index in [9.17, 15) is 30.3 Å². The van der Waals surface area contributed by atoms with E-state index in [1.54, 1.807) is 6.08 Å². The number of nitrogens with one attached hydrogen (secondary N) is 1. The standard InChI is InChI=1S/C55H101NO8/c1-3-5-7-9-11-13-15-17-19-20-21-22-23-24-25-26-27-28-29-30-31-32-34-36-38-40-42-44-49(58)48(47-63-55-54(62)53(61)52(60)50(46-57)64-55)56-51(59)45-43-41-39-37-35-33-18-16-14-12-10-8-6-4-2/h16,18,29-30,34,36,42,44,48-50,52-55,57-58,60-62H,3-15,17,19-28,31-33,35,37-41,43,45-47H2,1-2H3,(H,56,59)/b18-16-,30-29+,36-34+,44-42+. The van der Waals surface area contributed by atoms with Crippen LogP contribution in [0.4, 0.5) is 0 Å². The van der Waals surface area contributed by atoms with Gasteiger partial charge < -0.3 is 40.3 Å². The summed E-state index contributed by atoms with van der Waals surface area (Å²) in [5, 5.41) is 54.3. The minimum Gasteiger partial charge on any atom is -0.394 e. The molecule has 1 fully saturated rings. The van der Waals surface area contributed by atoms with Gasteiger partial charge in [0.15, 0.2) is 6.29 Å². The SMILES string of the molecule is CCCCCCC/C=C\CCCCCCCC(=O)NC(COC1OC(CO)C(O)C(O)C1O)C(O)/C=C/CC/C=C/CC/C=C/CCCCCCCCCCCCCCCCCCC. The average molecular weight is 904 g/mol. The third-order valence-corrected chi connectivity index (χ3v) is 12.6. The Balaban J connectivity index is 2.28. The van der Waals surface area contributed by atoms with Crippen LogP contribution < -0.4 is 5.32 Å². The Morgan fingerprint density at radius 3 is 1.31 bits per heavy atom. The maximum Gasteiger partial charge on any atom is 0.220 e. The summed E-state index contributed by atoms with van der Waals surface area (Å²) in [7, 11) is 0. The first kappa shape index (κ1) is 60.2. The third kappa shape index (κ3) is 34.5. The number of carbonyl (C=O) groups excluding carboxylic acids is 1. The molecule has 9 heteroatoms. The number of ether oxygens (including phenoxy) is 2. The fourth-order valence-electron chi connectivity index (χ4n) is 8.30. The summed E-state index contributed by atoms with van der Waals surface area (Å²) in [6.45, 7) is 3.75. The van der Waals surface area contributed by atoms with Crippen molar-refractivity contribution in [3.8, 4) is 0 Å². The molecule has 1 amide bonds. The highest BCUT2D eigenvalue weighted by atomic mass is 16.7. The first-order chi connectivity index (χ1) is 31.3. The molecule has 1 heterocycles. The number of allylic oxidation sites excluding steroid dienone is 7. The van der Waals surface area contributed by atoms with E-state index < -0.39 is 49.5 Å². The van der Waals surface area contributed by atoms with Crippen LogP contribution in [0.2, 0.25) is 0 Å². The predicted octanol–water partition coefficient (Wildman–Crippen LogP) is 12.6. The lowest BCUT2D eigenvalue weighted by atomic mass is 9.99. The molecule has 0 radical (unpaired) electrons. The van der Waals surface area contributed by atoms with E-state index in [-0.39, 0.29) is 12.5 Å². The summed E-state index contributed by atoms with van der Waals surface area (Å²) < 4.78 is 11.2. The van der Waals surface area contributed by atoms with Crippen molar-refractivity contribution in [1.29, 1.82) is 0 Å². The molecule has 0 bridgehead atoms. The normalized spacial score (nSPS) is 20.4. The molecule has 0 aliphatic carbocycles. The van der Waals surface area contributed by atoms with E-state index in [4.69, 9.17) is 9.47 Å². The predicted molar refractivity (Wildman–Crippen MR) is 267 cm³/mol. The van der Waals surface area contributed by atoms with Crippen LogP contribution in [0.5, 0.6) is 0 Å². The summed E-state index contributed by atoms with van der Waals surface area (Å²) in [5.74, 6) is -0.200. The minimum absolute atomic E-state index is 0.200. The highest BCUT2D eigenvalue weighted by Crippen LogP contribution is 2.23. The summed E-state index contributed by atoms with van der Waals surface area (Å²) in [4.78, 5) is 13.0. The molecule has 0 saturated carbocycles. The Hall–Kier alpha value is -1.85. The lowest BCUT2D eigenvalue weighted by Gasteiger charge is -2.40. The maximum atomic E-state index is 13.0. The summed E-state index contributed by atoms with van der Waals surface area (Å²) >= 11 is 0. The van der Waals surface area contributed by atoms with Gasteiger partial charge in [0.2, 0.25) is 5.91 Å². The van der Waals surface area contributed by atoms with Crippen LogP contribution in [0.25, 0.3) is 0 Å². The van der Waals surface area contributed by atoms with Crippen molar-refractivity contribution in [3.05, 3.63) is 48.6 Å². The van der Waals surface area contributed by atoms with E-state index in [1.807, 2.05) is 6.08 Å². The molecule has 6 N–H and O–H groups in total. The van der Waals surface area contributed by atoms with Crippen molar-refractivity contribution in [2.75, 3.05) is 13.2 Å². The molecule has 1 aliphatic heterocycles. The smallest absolute Gasteiger partial charge is 0.220 e. The molecule has 1 saturated heterocycles. The van der Waals surface area contributed by atoms with Gasteiger partial charge in [-0.1, -0.05) is 210 Å². The van der Waals surface area contributed by atoms with Crippen LogP contribution in [-0.2, 0) is 14.3 Å². The van der Waals surface area contributed by atoms with Gasteiger partial charge in [0, 0.05) is 6.42 Å².